The van der Waals surface area contributed by atoms with E-state index < -0.39 is 5.82 Å². The number of benzene rings is 2. The van der Waals surface area contributed by atoms with E-state index in [-0.39, 0.29) is 5.56 Å². The Kier molecular flexibility index (Phi) is 3.02. The summed E-state index contributed by atoms with van der Waals surface area (Å²) in [6.07, 6.45) is 0. The van der Waals surface area contributed by atoms with Gasteiger partial charge in [-0.05, 0) is 36.4 Å². The Morgan fingerprint density at radius 2 is 1.67 bits per heavy atom. The molecule has 4 nitrogen and oxygen atoms in total. The molecule has 0 aliphatic rings. The topological polar surface area (TPSA) is 87.9 Å². The predicted octanol–water partition coefficient (Wildman–Crippen LogP) is 2.61. The summed E-state index contributed by atoms with van der Waals surface area (Å²) >= 11 is 0. The lowest BCUT2D eigenvalue weighted by atomic mass is 10.2. The van der Waals surface area contributed by atoms with E-state index in [0.717, 1.165) is 5.69 Å². The number of halogens is 1. The zero-order valence-electron chi connectivity index (χ0n) is 9.44. The zero-order chi connectivity index (χ0) is 13.1. The van der Waals surface area contributed by atoms with Crippen LogP contribution in [-0.2, 0) is 0 Å². The van der Waals surface area contributed by atoms with Gasteiger partial charge in [0.1, 0.15) is 11.9 Å². The van der Waals surface area contributed by atoms with E-state index in [0.29, 0.717) is 17.1 Å². The minimum atomic E-state index is -0.542. The lowest BCUT2D eigenvalue weighted by Crippen LogP contribution is -1.97. The molecule has 2 aromatic rings. The fraction of sp³-hybridized carbons (Fsp3) is 0. The van der Waals surface area contributed by atoms with Gasteiger partial charge in [0.2, 0.25) is 0 Å². The molecular formula is C13H11FN4. The fourth-order valence-corrected chi connectivity index (χ4v) is 1.51. The summed E-state index contributed by atoms with van der Waals surface area (Å²) in [5, 5.41) is 11.8. The molecule has 0 saturated heterocycles. The van der Waals surface area contributed by atoms with Crippen molar-refractivity contribution in [3.63, 3.8) is 0 Å². The van der Waals surface area contributed by atoms with E-state index in [2.05, 4.69) is 5.32 Å². The van der Waals surface area contributed by atoms with Crippen molar-refractivity contribution >= 4 is 22.7 Å². The summed E-state index contributed by atoms with van der Waals surface area (Å²) < 4.78 is 13.1. The van der Waals surface area contributed by atoms with E-state index in [4.69, 9.17) is 16.7 Å². The van der Waals surface area contributed by atoms with E-state index in [1.54, 1.807) is 30.3 Å². The van der Waals surface area contributed by atoms with Crippen molar-refractivity contribution in [2.45, 2.75) is 0 Å². The third kappa shape index (κ3) is 2.33. The lowest BCUT2D eigenvalue weighted by Gasteiger charge is -2.09. The first-order valence-electron chi connectivity index (χ1n) is 5.22. The molecule has 0 aliphatic carbocycles. The van der Waals surface area contributed by atoms with Crippen LogP contribution in [0, 0.1) is 17.1 Å². The largest absolute Gasteiger partial charge is 0.397 e. The van der Waals surface area contributed by atoms with Crippen LogP contribution >= 0.6 is 0 Å². The minimum Gasteiger partial charge on any atom is -0.397 e. The highest BCUT2D eigenvalue weighted by Gasteiger charge is 2.03. The number of hydrogen-bond acceptors (Lipinski definition) is 4. The number of hydrogen-bond donors (Lipinski definition) is 3. The quantitative estimate of drug-likeness (QED) is 0.706. The molecule has 2 rings (SSSR count). The summed E-state index contributed by atoms with van der Waals surface area (Å²) in [6, 6.07) is 11.1. The second kappa shape index (κ2) is 4.63. The molecule has 0 radical (unpaired) electrons. The maximum absolute atomic E-state index is 13.1. The Bertz CT molecular complexity index is 631. The maximum atomic E-state index is 13.1. The molecule has 0 unspecified atom stereocenters. The molecule has 18 heavy (non-hydrogen) atoms. The number of nitrogens with one attached hydrogen (secondary N) is 1. The number of anilines is 4. The van der Waals surface area contributed by atoms with Crippen molar-refractivity contribution in [3.8, 4) is 6.07 Å². The van der Waals surface area contributed by atoms with Gasteiger partial charge in [0.25, 0.3) is 0 Å². The summed E-state index contributed by atoms with van der Waals surface area (Å²) in [7, 11) is 0. The zero-order valence-corrected chi connectivity index (χ0v) is 9.44. The van der Waals surface area contributed by atoms with Gasteiger partial charge in [-0.3, -0.25) is 0 Å². The lowest BCUT2D eigenvalue weighted by molar-refractivity contribution is 0.624. The average molecular weight is 242 g/mol. The Morgan fingerprint density at radius 1 is 1.00 bits per heavy atom. The van der Waals surface area contributed by atoms with Gasteiger partial charge in [-0.2, -0.15) is 5.26 Å². The molecule has 0 spiro atoms. The van der Waals surface area contributed by atoms with E-state index in [9.17, 15) is 4.39 Å². The third-order valence-electron chi connectivity index (χ3n) is 2.46. The first-order valence-corrected chi connectivity index (χ1v) is 5.22. The molecule has 0 aliphatic heterocycles. The summed E-state index contributed by atoms with van der Waals surface area (Å²) in [5.74, 6) is -0.542. The van der Waals surface area contributed by atoms with Crippen LogP contribution in [0.5, 0.6) is 0 Å². The smallest absolute Gasteiger partial charge is 0.141 e. The van der Waals surface area contributed by atoms with Gasteiger partial charge in [-0.15, -0.1) is 0 Å². The molecular weight excluding hydrogens is 231 g/mol. The highest BCUT2D eigenvalue weighted by molar-refractivity contribution is 5.72. The Hall–Kier alpha value is -2.74. The number of nitrogens with zero attached hydrogens (tertiary/aromatic N) is 1. The first-order chi connectivity index (χ1) is 8.60. The Labute approximate surface area is 104 Å². The van der Waals surface area contributed by atoms with Crippen LogP contribution in [0.25, 0.3) is 0 Å². The molecule has 5 N–H and O–H groups in total. The molecule has 0 atom stereocenters. The van der Waals surface area contributed by atoms with Crippen LogP contribution < -0.4 is 16.8 Å². The Morgan fingerprint density at radius 3 is 2.33 bits per heavy atom. The van der Waals surface area contributed by atoms with Gasteiger partial charge in [0.15, 0.2) is 0 Å². The molecule has 90 valence electrons. The van der Waals surface area contributed by atoms with Crippen molar-refractivity contribution in [1.82, 2.24) is 0 Å². The molecule has 2 aromatic carbocycles. The third-order valence-corrected chi connectivity index (χ3v) is 2.46. The van der Waals surface area contributed by atoms with Crippen LogP contribution in [0.4, 0.5) is 27.1 Å². The van der Waals surface area contributed by atoms with Gasteiger partial charge in [0.05, 0.1) is 16.9 Å². The van der Waals surface area contributed by atoms with Gasteiger partial charge < -0.3 is 16.8 Å². The van der Waals surface area contributed by atoms with Gasteiger partial charge >= 0.3 is 0 Å². The van der Waals surface area contributed by atoms with Crippen molar-refractivity contribution < 1.29 is 4.39 Å². The molecule has 0 amide bonds. The van der Waals surface area contributed by atoms with Crippen molar-refractivity contribution in [3.05, 3.63) is 47.8 Å². The molecule has 0 aromatic heterocycles. The monoisotopic (exact) mass is 242 g/mol. The summed E-state index contributed by atoms with van der Waals surface area (Å²) in [5.41, 5.74) is 13.6. The van der Waals surface area contributed by atoms with Gasteiger partial charge in [-0.25, -0.2) is 4.39 Å². The normalized spacial score (nSPS) is 9.78. The summed E-state index contributed by atoms with van der Waals surface area (Å²) in [4.78, 5) is 0. The Balaban J connectivity index is 2.29. The number of nitrogens with two attached hydrogens (primary N) is 2. The van der Waals surface area contributed by atoms with E-state index in [1.165, 1.54) is 12.1 Å². The van der Waals surface area contributed by atoms with Crippen molar-refractivity contribution in [1.29, 1.82) is 5.26 Å². The van der Waals surface area contributed by atoms with Gasteiger partial charge in [-0.1, -0.05) is 0 Å². The number of rotatable bonds is 2. The van der Waals surface area contributed by atoms with Crippen molar-refractivity contribution in [2.24, 2.45) is 0 Å². The number of nitriles is 1. The predicted molar refractivity (Wildman–Crippen MR) is 69.7 cm³/mol. The molecule has 0 bridgehead atoms. The van der Waals surface area contributed by atoms with Crippen LogP contribution in [0.2, 0.25) is 0 Å². The van der Waals surface area contributed by atoms with Crippen LogP contribution in [0.15, 0.2) is 36.4 Å². The fourth-order valence-electron chi connectivity index (χ4n) is 1.51. The summed E-state index contributed by atoms with van der Waals surface area (Å²) in [6.45, 7) is 0. The highest BCUT2D eigenvalue weighted by Crippen LogP contribution is 2.24. The average Bonchev–Trinajstić information content (AvgIpc) is 2.36. The second-order valence-electron chi connectivity index (χ2n) is 3.78. The molecule has 5 heteroatoms. The van der Waals surface area contributed by atoms with E-state index in [1.807, 2.05) is 0 Å². The molecule has 0 fully saturated rings. The maximum Gasteiger partial charge on any atom is 0.141 e. The van der Waals surface area contributed by atoms with Crippen LogP contribution in [-0.4, -0.2) is 0 Å². The number of nitrogen functional groups attached to an aromatic ring is 2. The van der Waals surface area contributed by atoms with E-state index >= 15 is 0 Å². The molecule has 0 saturated carbocycles. The standard InChI is InChI=1S/C13H11FN4/c14-11-3-1-9(5-8(11)7-15)18-10-2-4-12(16)13(17)6-10/h1-6,18H,16-17H2. The SMILES string of the molecule is N#Cc1cc(Nc2ccc(N)c(N)c2)ccc1F. The second-order valence-corrected chi connectivity index (χ2v) is 3.78. The highest BCUT2D eigenvalue weighted by atomic mass is 19.1. The van der Waals surface area contributed by atoms with Gasteiger partial charge in [0, 0.05) is 11.4 Å². The van der Waals surface area contributed by atoms with Crippen molar-refractivity contribution in [2.75, 3.05) is 16.8 Å². The molecule has 0 heterocycles. The first kappa shape index (κ1) is 11.7. The minimum absolute atomic E-state index is 0.0107. The van der Waals surface area contributed by atoms with Crippen LogP contribution in [0.3, 0.4) is 0 Å². The van der Waals surface area contributed by atoms with Crippen LogP contribution in [0.1, 0.15) is 5.56 Å².